The van der Waals surface area contributed by atoms with E-state index in [1.54, 1.807) is 28.1 Å². The summed E-state index contributed by atoms with van der Waals surface area (Å²) in [6.45, 7) is 17.8. The first-order valence-corrected chi connectivity index (χ1v) is 27.8. The standard InChI is InChI=1S/C56H90O19/c1-28(2)29(3)19-43(60)72-42-25-41-52(9)15-14-38(22-37(52)13-16-55(41,63)56(64)18-17-54(62,34(8)59)53(42,56)10)71-46-23-39(65-11)51(32(6)69-46)75-47-24-40(66-12)50(33(7)70-47)74-45-21-36(27-58)49(31(5)68-45)73-44-20-35(26-57)48(61)30(4)67-44/h13,19,28,30-33,35-36,38-42,44-51,57-58,61-64H,14-18,20-27H2,1-12H3/b29-19+/t30?,31?,32?,33?,35?,36?,38?,39?,40?,41?,42-,44?,45?,46?,47?,48?,49?,50?,51?,52+,53-,54-,55+,56-/m1/s1. The molecule has 428 valence electrons. The number of rotatable bonds is 16. The molecule has 24 atom stereocenters. The van der Waals surface area contributed by atoms with Crippen LogP contribution in [-0.2, 0) is 61.7 Å². The Morgan fingerprint density at radius 3 is 1.79 bits per heavy atom. The summed E-state index contributed by atoms with van der Waals surface area (Å²) in [6.07, 6.45) is -2.43. The zero-order valence-corrected chi connectivity index (χ0v) is 46.4. The van der Waals surface area contributed by atoms with Gasteiger partial charge in [-0.05, 0) is 105 Å². The van der Waals surface area contributed by atoms with E-state index in [0.29, 0.717) is 44.9 Å². The molecule has 0 spiro atoms. The molecule has 0 aromatic carbocycles. The number of aliphatic hydroxyl groups is 6. The molecule has 4 aliphatic heterocycles. The summed E-state index contributed by atoms with van der Waals surface area (Å²) in [5.41, 5.74) is -6.14. The van der Waals surface area contributed by atoms with Crippen molar-refractivity contribution in [1.29, 1.82) is 0 Å². The van der Waals surface area contributed by atoms with Crippen LogP contribution in [0.5, 0.6) is 0 Å². The van der Waals surface area contributed by atoms with Crippen LogP contribution >= 0.6 is 0 Å². The SMILES string of the molecule is COC1CC(OC2C(C)OC(OC3CC[C@@]4(C)C(=CC[C@]5(O)C4C[C@@H](OC(=O)/C=C(\C)C(C)C)[C@@]4(C)[C@]5(O)CC[C@@]4(O)C(C)=O)C3)CC2OC)OC(C)C1OC1CC(CO)C(OC2CC(CO)C(O)C(C)O2)C(C)O1. The van der Waals surface area contributed by atoms with E-state index in [1.807, 2.05) is 47.6 Å². The Bertz CT molecular complexity index is 2070. The highest BCUT2D eigenvalue weighted by molar-refractivity contribution is 5.87. The van der Waals surface area contributed by atoms with Crippen molar-refractivity contribution >= 4 is 11.8 Å². The van der Waals surface area contributed by atoms with Gasteiger partial charge in [0, 0.05) is 76.9 Å². The van der Waals surface area contributed by atoms with Crippen LogP contribution in [0.25, 0.3) is 0 Å². The van der Waals surface area contributed by atoms with Gasteiger partial charge in [-0.3, -0.25) is 4.79 Å². The number of hydrogen-bond acceptors (Lipinski definition) is 19. The van der Waals surface area contributed by atoms with Crippen LogP contribution < -0.4 is 0 Å². The number of methoxy groups -OCH3 is 2. The molecule has 0 aromatic heterocycles. The van der Waals surface area contributed by atoms with Gasteiger partial charge in [-0.25, -0.2) is 4.79 Å². The van der Waals surface area contributed by atoms with Crippen LogP contribution in [0.4, 0.5) is 0 Å². The Morgan fingerprint density at radius 1 is 0.720 bits per heavy atom. The number of carbonyl (C=O) groups is 2. The van der Waals surface area contributed by atoms with Gasteiger partial charge in [-0.15, -0.1) is 0 Å². The molecular formula is C56H90O19. The summed E-state index contributed by atoms with van der Waals surface area (Å²) < 4.78 is 69.8. The number of esters is 1. The largest absolute Gasteiger partial charge is 0.458 e. The van der Waals surface area contributed by atoms with Crippen LogP contribution in [0.2, 0.25) is 0 Å². The number of Topliss-reactive ketones (excluding diaryl/α,β-unsaturated/α-hetero) is 1. The van der Waals surface area contributed by atoms with Crippen molar-refractivity contribution in [3.05, 3.63) is 23.3 Å². The van der Waals surface area contributed by atoms with Gasteiger partial charge in [0.25, 0.3) is 0 Å². The molecule has 8 aliphatic rings. The maximum Gasteiger partial charge on any atom is 0.330 e. The number of hydrogen-bond donors (Lipinski definition) is 6. The Morgan fingerprint density at radius 2 is 1.24 bits per heavy atom. The summed E-state index contributed by atoms with van der Waals surface area (Å²) in [4.78, 5) is 26.9. The van der Waals surface area contributed by atoms with Crippen molar-refractivity contribution < 1.29 is 92.3 Å². The smallest absolute Gasteiger partial charge is 0.330 e. The molecule has 8 rings (SSSR count). The first-order valence-electron chi connectivity index (χ1n) is 27.8. The van der Waals surface area contributed by atoms with E-state index >= 15 is 0 Å². The van der Waals surface area contributed by atoms with E-state index in [-0.39, 0.29) is 62.8 Å². The molecule has 18 unspecified atom stereocenters. The molecule has 0 bridgehead atoms. The molecule has 7 fully saturated rings. The summed E-state index contributed by atoms with van der Waals surface area (Å²) in [7, 11) is 3.26. The van der Waals surface area contributed by atoms with Crippen LogP contribution in [0.15, 0.2) is 23.3 Å². The minimum atomic E-state index is -2.03. The summed E-state index contributed by atoms with van der Waals surface area (Å²) in [5, 5.41) is 68.7. The lowest BCUT2D eigenvalue weighted by molar-refractivity contribution is -0.344. The number of ether oxygens (including phenoxy) is 11. The van der Waals surface area contributed by atoms with Crippen molar-refractivity contribution in [2.75, 3.05) is 27.4 Å². The number of aliphatic hydroxyl groups excluding tert-OH is 3. The lowest BCUT2D eigenvalue weighted by Crippen LogP contribution is -2.78. The number of fused-ring (bicyclic) bond motifs is 5. The molecular weight excluding hydrogens is 977 g/mol. The predicted octanol–water partition coefficient (Wildman–Crippen LogP) is 4.31. The number of carbonyl (C=O) groups excluding carboxylic acids is 2. The molecule has 0 amide bonds. The first-order chi connectivity index (χ1) is 35.3. The zero-order valence-electron chi connectivity index (χ0n) is 46.4. The maximum absolute atomic E-state index is 13.6. The van der Waals surface area contributed by atoms with E-state index in [1.165, 1.54) is 13.0 Å². The van der Waals surface area contributed by atoms with Gasteiger partial charge in [0.2, 0.25) is 0 Å². The fourth-order valence-electron chi connectivity index (χ4n) is 14.8. The minimum Gasteiger partial charge on any atom is -0.458 e. The number of allylic oxidation sites excluding steroid dienone is 1. The molecule has 19 nitrogen and oxygen atoms in total. The summed E-state index contributed by atoms with van der Waals surface area (Å²) >= 11 is 0. The third kappa shape index (κ3) is 10.6. The van der Waals surface area contributed by atoms with Crippen LogP contribution in [-0.4, -0.2) is 185 Å². The quantitative estimate of drug-likeness (QED) is 0.0715. The second kappa shape index (κ2) is 22.8. The van der Waals surface area contributed by atoms with Gasteiger partial charge in [-0.2, -0.15) is 0 Å². The third-order valence-electron chi connectivity index (χ3n) is 19.8. The number of ketones is 1. The van der Waals surface area contributed by atoms with Crippen LogP contribution in [0, 0.1) is 34.5 Å². The van der Waals surface area contributed by atoms with Crippen LogP contribution in [0.3, 0.4) is 0 Å². The van der Waals surface area contributed by atoms with Gasteiger partial charge in [-0.1, -0.05) is 38.0 Å². The van der Waals surface area contributed by atoms with E-state index in [2.05, 4.69) is 6.92 Å². The van der Waals surface area contributed by atoms with E-state index in [0.717, 1.165) is 11.1 Å². The van der Waals surface area contributed by atoms with Gasteiger partial charge >= 0.3 is 5.97 Å². The fraction of sp³-hybridized carbons (Fsp3) is 0.893. The van der Waals surface area contributed by atoms with E-state index in [9.17, 15) is 40.2 Å². The average molecular weight is 1070 g/mol. The van der Waals surface area contributed by atoms with Gasteiger partial charge in [0.1, 0.15) is 35.1 Å². The molecule has 0 radical (unpaired) electrons. The highest BCUT2D eigenvalue weighted by Crippen LogP contribution is 2.71. The molecule has 0 aromatic rings. The van der Waals surface area contributed by atoms with Gasteiger partial charge in [0.15, 0.2) is 30.9 Å². The zero-order chi connectivity index (χ0) is 54.7. The maximum atomic E-state index is 13.6. The van der Waals surface area contributed by atoms with Crippen molar-refractivity contribution in [1.82, 2.24) is 0 Å². The van der Waals surface area contributed by atoms with Crippen molar-refractivity contribution in [3.8, 4) is 0 Å². The van der Waals surface area contributed by atoms with Crippen LogP contribution in [0.1, 0.15) is 140 Å². The summed E-state index contributed by atoms with van der Waals surface area (Å²) in [6, 6.07) is 0. The highest BCUT2D eigenvalue weighted by atomic mass is 16.8. The van der Waals surface area contributed by atoms with Gasteiger partial charge < -0.3 is 82.7 Å². The van der Waals surface area contributed by atoms with E-state index < -0.39 is 138 Å². The third-order valence-corrected chi connectivity index (χ3v) is 19.8. The molecule has 4 aliphatic carbocycles. The molecule has 4 saturated heterocycles. The Labute approximate surface area is 443 Å². The lowest BCUT2D eigenvalue weighted by Gasteiger charge is -2.67. The Hall–Kier alpha value is -2.02. The van der Waals surface area contributed by atoms with Crippen molar-refractivity contribution in [3.63, 3.8) is 0 Å². The van der Waals surface area contributed by atoms with Crippen molar-refractivity contribution in [2.24, 2.45) is 34.5 Å². The van der Waals surface area contributed by atoms with Crippen molar-refractivity contribution in [2.45, 2.75) is 255 Å². The second-order valence-electron chi connectivity index (χ2n) is 24.3. The lowest BCUT2D eigenvalue weighted by atomic mass is 9.42. The fourth-order valence-corrected chi connectivity index (χ4v) is 14.8. The monoisotopic (exact) mass is 1070 g/mol. The second-order valence-corrected chi connectivity index (χ2v) is 24.3. The highest BCUT2D eigenvalue weighted by Gasteiger charge is 2.81. The topological polar surface area (TPSA) is 257 Å². The predicted molar refractivity (Wildman–Crippen MR) is 268 cm³/mol. The summed E-state index contributed by atoms with van der Waals surface area (Å²) in [5.74, 6) is -2.36. The molecule has 75 heavy (non-hydrogen) atoms. The molecule has 19 heteroatoms. The molecule has 6 N–H and O–H groups in total. The average Bonchev–Trinajstić information content (AvgIpc) is 3.59. The minimum absolute atomic E-state index is 0.0398. The van der Waals surface area contributed by atoms with E-state index in [4.69, 9.17) is 52.1 Å². The first kappa shape index (κ1) is 59.1. The Balaban J connectivity index is 0.877. The molecule has 4 heterocycles. The molecule has 3 saturated carbocycles. The normalized spacial score (nSPS) is 49.3. The Kier molecular flexibility index (Phi) is 18.0. The van der Waals surface area contributed by atoms with Gasteiger partial charge in [0.05, 0.1) is 60.4 Å².